The Morgan fingerprint density at radius 2 is 2.13 bits per heavy atom. The Morgan fingerprint density at radius 1 is 1.22 bits per heavy atom. The molecule has 1 aliphatic rings. The lowest BCUT2D eigenvalue weighted by Gasteiger charge is -2.08. The van der Waals surface area contributed by atoms with Crippen LogP contribution < -0.4 is 20.1 Å². The van der Waals surface area contributed by atoms with Gasteiger partial charge in [0.15, 0.2) is 17.3 Å². The summed E-state index contributed by atoms with van der Waals surface area (Å²) in [6.45, 7) is 2.32. The average molecular weight is 317 g/mol. The molecule has 1 aromatic heterocycles. The van der Waals surface area contributed by atoms with Crippen LogP contribution in [0.4, 0.5) is 11.8 Å². The molecule has 0 fully saturated rings. The molecule has 0 aliphatic carbocycles. The van der Waals surface area contributed by atoms with E-state index in [0.29, 0.717) is 24.9 Å². The maximum absolute atomic E-state index is 5.37. The van der Waals surface area contributed by atoms with Crippen LogP contribution in [-0.2, 0) is 11.3 Å². The van der Waals surface area contributed by atoms with Gasteiger partial charge in [-0.1, -0.05) is 6.07 Å². The summed E-state index contributed by atoms with van der Waals surface area (Å²) < 4.78 is 15.7. The number of nitrogens with one attached hydrogen (secondary N) is 2. The second-order valence-electron chi connectivity index (χ2n) is 4.98. The van der Waals surface area contributed by atoms with Crippen molar-refractivity contribution in [2.24, 2.45) is 0 Å². The van der Waals surface area contributed by atoms with E-state index >= 15 is 0 Å². The van der Waals surface area contributed by atoms with Gasteiger partial charge in [-0.05, 0) is 24.1 Å². The summed E-state index contributed by atoms with van der Waals surface area (Å²) >= 11 is 0. The Bertz CT molecular complexity index is 653. The molecule has 0 radical (unpaired) electrons. The van der Waals surface area contributed by atoms with Crippen molar-refractivity contribution < 1.29 is 14.2 Å². The lowest BCUT2D eigenvalue weighted by molar-refractivity contribution is 0.174. The first-order valence-electron chi connectivity index (χ1n) is 7.40. The van der Waals surface area contributed by atoms with Crippen LogP contribution in [0.25, 0.3) is 0 Å². The molecule has 0 saturated heterocycles. The minimum atomic E-state index is 0.278. The summed E-state index contributed by atoms with van der Waals surface area (Å²) in [5.41, 5.74) is 1.07. The van der Waals surface area contributed by atoms with Gasteiger partial charge in [0.25, 0.3) is 0 Å². The van der Waals surface area contributed by atoms with Crippen LogP contribution in [0.15, 0.2) is 24.4 Å². The summed E-state index contributed by atoms with van der Waals surface area (Å²) in [4.78, 5) is 4.37. The van der Waals surface area contributed by atoms with E-state index in [1.165, 1.54) is 0 Å². The maximum Gasteiger partial charge on any atom is 0.244 e. The highest BCUT2D eigenvalue weighted by atomic mass is 16.7. The summed E-state index contributed by atoms with van der Waals surface area (Å²) in [7, 11) is 1.68. The number of benzene rings is 1. The van der Waals surface area contributed by atoms with Gasteiger partial charge in [0, 0.05) is 26.8 Å². The van der Waals surface area contributed by atoms with Crippen LogP contribution >= 0.6 is 0 Å². The standard InChI is InChI=1S/C15H19N5O3/c1-21-6-2-5-16-15-19-14(9-18-20-15)17-8-11-3-4-12-13(7-11)23-10-22-12/h3-4,7,9H,2,5-6,8,10H2,1H3,(H2,16,17,19,20). The van der Waals surface area contributed by atoms with Crippen molar-refractivity contribution in [3.8, 4) is 11.5 Å². The molecule has 2 heterocycles. The molecule has 0 saturated carbocycles. The molecule has 0 unspecified atom stereocenters. The van der Waals surface area contributed by atoms with E-state index in [0.717, 1.165) is 30.0 Å². The number of hydrogen-bond donors (Lipinski definition) is 2. The quantitative estimate of drug-likeness (QED) is 0.710. The van der Waals surface area contributed by atoms with Crippen LogP contribution in [0, 0.1) is 0 Å². The zero-order chi connectivity index (χ0) is 15.9. The predicted molar refractivity (Wildman–Crippen MR) is 84.7 cm³/mol. The third-order valence-electron chi connectivity index (χ3n) is 3.28. The zero-order valence-corrected chi connectivity index (χ0v) is 12.9. The number of fused-ring (bicyclic) bond motifs is 1. The minimum Gasteiger partial charge on any atom is -0.454 e. The van der Waals surface area contributed by atoms with Gasteiger partial charge in [-0.3, -0.25) is 0 Å². The Hall–Kier alpha value is -2.61. The molecule has 0 bridgehead atoms. The Balaban J connectivity index is 1.53. The third kappa shape index (κ3) is 4.19. The van der Waals surface area contributed by atoms with Crippen LogP contribution in [-0.4, -0.2) is 42.2 Å². The van der Waals surface area contributed by atoms with E-state index in [-0.39, 0.29) is 6.79 Å². The monoisotopic (exact) mass is 317 g/mol. The van der Waals surface area contributed by atoms with E-state index in [2.05, 4.69) is 25.8 Å². The number of anilines is 2. The fraction of sp³-hybridized carbons (Fsp3) is 0.400. The highest BCUT2D eigenvalue weighted by molar-refractivity contribution is 5.46. The van der Waals surface area contributed by atoms with E-state index in [9.17, 15) is 0 Å². The number of nitrogens with zero attached hydrogens (tertiary/aromatic N) is 3. The van der Waals surface area contributed by atoms with Gasteiger partial charge in [0.05, 0.1) is 6.20 Å². The largest absolute Gasteiger partial charge is 0.454 e. The smallest absolute Gasteiger partial charge is 0.244 e. The topological polar surface area (TPSA) is 90.4 Å². The van der Waals surface area contributed by atoms with Crippen LogP contribution in [0.1, 0.15) is 12.0 Å². The Morgan fingerprint density at radius 3 is 3.04 bits per heavy atom. The minimum absolute atomic E-state index is 0.278. The molecule has 8 heteroatoms. The lowest BCUT2D eigenvalue weighted by atomic mass is 10.2. The van der Waals surface area contributed by atoms with Crippen molar-refractivity contribution in [3.63, 3.8) is 0 Å². The summed E-state index contributed by atoms with van der Waals surface area (Å²) in [5, 5.41) is 14.2. The van der Waals surface area contributed by atoms with Gasteiger partial charge in [-0.2, -0.15) is 10.1 Å². The van der Waals surface area contributed by atoms with E-state index in [1.807, 2.05) is 18.2 Å². The molecule has 1 aliphatic heterocycles. The first kappa shape index (κ1) is 15.3. The molecule has 2 aromatic rings. The summed E-state index contributed by atoms with van der Waals surface area (Å²) in [5.74, 6) is 2.70. The molecule has 122 valence electrons. The number of rotatable bonds is 8. The Labute approximate surface area is 134 Å². The van der Waals surface area contributed by atoms with E-state index in [1.54, 1.807) is 13.3 Å². The van der Waals surface area contributed by atoms with Gasteiger partial charge < -0.3 is 24.8 Å². The van der Waals surface area contributed by atoms with Crippen molar-refractivity contribution in [1.29, 1.82) is 0 Å². The Kier molecular flexibility index (Phi) is 5.05. The average Bonchev–Trinajstić information content (AvgIpc) is 3.05. The molecule has 1 aromatic carbocycles. The number of methoxy groups -OCH3 is 1. The van der Waals surface area contributed by atoms with Crippen LogP contribution in [0.3, 0.4) is 0 Å². The van der Waals surface area contributed by atoms with Crippen molar-refractivity contribution in [2.75, 3.05) is 37.7 Å². The zero-order valence-electron chi connectivity index (χ0n) is 12.9. The summed E-state index contributed by atoms with van der Waals surface area (Å²) in [6, 6.07) is 5.84. The lowest BCUT2D eigenvalue weighted by Crippen LogP contribution is -2.10. The number of ether oxygens (including phenoxy) is 3. The summed E-state index contributed by atoms with van der Waals surface area (Å²) in [6.07, 6.45) is 2.47. The highest BCUT2D eigenvalue weighted by Gasteiger charge is 2.13. The molecular weight excluding hydrogens is 298 g/mol. The first-order valence-corrected chi connectivity index (χ1v) is 7.40. The molecule has 2 N–H and O–H groups in total. The molecule has 23 heavy (non-hydrogen) atoms. The third-order valence-corrected chi connectivity index (χ3v) is 3.28. The molecule has 8 nitrogen and oxygen atoms in total. The molecule has 0 amide bonds. The van der Waals surface area contributed by atoms with Gasteiger partial charge in [0.1, 0.15) is 0 Å². The van der Waals surface area contributed by atoms with E-state index in [4.69, 9.17) is 14.2 Å². The van der Waals surface area contributed by atoms with Gasteiger partial charge >= 0.3 is 0 Å². The van der Waals surface area contributed by atoms with Gasteiger partial charge in [-0.15, -0.1) is 5.10 Å². The number of hydrogen-bond acceptors (Lipinski definition) is 8. The second-order valence-corrected chi connectivity index (χ2v) is 4.98. The van der Waals surface area contributed by atoms with Crippen molar-refractivity contribution in [3.05, 3.63) is 30.0 Å². The van der Waals surface area contributed by atoms with Gasteiger partial charge in [-0.25, -0.2) is 0 Å². The highest BCUT2D eigenvalue weighted by Crippen LogP contribution is 2.32. The van der Waals surface area contributed by atoms with E-state index < -0.39 is 0 Å². The predicted octanol–water partition coefficient (Wildman–Crippen LogP) is 1.66. The molecule has 0 atom stereocenters. The molecule has 3 rings (SSSR count). The second kappa shape index (κ2) is 7.59. The number of aromatic nitrogens is 3. The van der Waals surface area contributed by atoms with Crippen molar-refractivity contribution in [1.82, 2.24) is 15.2 Å². The fourth-order valence-electron chi connectivity index (χ4n) is 2.12. The van der Waals surface area contributed by atoms with Crippen LogP contribution in [0.2, 0.25) is 0 Å². The van der Waals surface area contributed by atoms with Crippen molar-refractivity contribution >= 4 is 11.8 Å². The van der Waals surface area contributed by atoms with Crippen LogP contribution in [0.5, 0.6) is 11.5 Å². The van der Waals surface area contributed by atoms with Crippen molar-refractivity contribution in [2.45, 2.75) is 13.0 Å². The molecule has 0 spiro atoms. The first-order chi connectivity index (χ1) is 11.3. The normalized spacial score (nSPS) is 12.2. The SMILES string of the molecule is COCCCNc1nncc(NCc2ccc3c(c2)OCO3)n1. The maximum atomic E-state index is 5.37. The van der Waals surface area contributed by atoms with Gasteiger partial charge in [0.2, 0.25) is 12.7 Å². The fourth-order valence-corrected chi connectivity index (χ4v) is 2.12. The molecular formula is C15H19N5O3.